The Balaban J connectivity index is 2.02. The number of H-pyrrole nitrogens is 2. The molecule has 2 N–H and O–H groups in total. The Labute approximate surface area is 176 Å². The van der Waals surface area contributed by atoms with Crippen molar-refractivity contribution in [3.05, 3.63) is 76.9 Å². The maximum atomic E-state index is 13.1. The number of hydrogen-bond acceptors (Lipinski definition) is 2. The number of hydrogen-bond donors (Lipinski definition) is 2. The van der Waals surface area contributed by atoms with Crippen LogP contribution in [0.15, 0.2) is 46.0 Å². The minimum atomic E-state index is -0.270. The Kier molecular flexibility index (Phi) is 3.90. The maximum Gasteiger partial charge on any atom is 0.198 e. The van der Waals surface area contributed by atoms with Crippen LogP contribution in [0.3, 0.4) is 0 Å². The zero-order valence-electron chi connectivity index (χ0n) is 13.8. The van der Waals surface area contributed by atoms with Gasteiger partial charge in [0.15, 0.2) is 10.9 Å². The molecule has 0 aliphatic carbocycles. The number of aromatic amines is 2. The third-order valence-electron chi connectivity index (χ3n) is 4.83. The number of rotatable bonds is 0. The first kappa shape index (κ1) is 17.8. The maximum absolute atomic E-state index is 13.1. The van der Waals surface area contributed by atoms with E-state index >= 15 is 0 Å². The van der Waals surface area contributed by atoms with Gasteiger partial charge in [-0.2, -0.15) is 0 Å². The second-order valence-corrected chi connectivity index (χ2v) is 7.99. The first-order valence-electron chi connectivity index (χ1n) is 8.14. The highest BCUT2D eigenvalue weighted by atomic mass is 35.5. The zero-order valence-corrected chi connectivity index (χ0v) is 16.8. The van der Waals surface area contributed by atoms with Crippen molar-refractivity contribution < 1.29 is 0 Å². The van der Waals surface area contributed by atoms with Gasteiger partial charge in [0.2, 0.25) is 0 Å². The Bertz CT molecular complexity index is 1480. The summed E-state index contributed by atoms with van der Waals surface area (Å²) in [6.07, 6.45) is 0. The number of aromatic nitrogens is 2. The zero-order chi connectivity index (χ0) is 19.7. The van der Waals surface area contributed by atoms with Crippen LogP contribution >= 0.6 is 46.4 Å². The standard InChI is InChI=1S/C20H8Cl4N2O2/c21-9-1-3-11-15(17(9)23)19(27)7-6-14-8(5-13(7)25-11)20(28)16-12(26-14)4-2-10(22)18(16)24/h1-6H,(H,25,27)(H,26,28). The fourth-order valence-corrected chi connectivity index (χ4v) is 4.31. The van der Waals surface area contributed by atoms with E-state index in [1.807, 2.05) is 0 Å². The minimum Gasteiger partial charge on any atom is -0.354 e. The third-order valence-corrected chi connectivity index (χ3v) is 6.44. The van der Waals surface area contributed by atoms with Crippen LogP contribution < -0.4 is 10.9 Å². The van der Waals surface area contributed by atoms with Crippen LogP contribution in [-0.2, 0) is 0 Å². The summed E-state index contributed by atoms with van der Waals surface area (Å²) in [6.45, 7) is 0. The molecule has 8 heteroatoms. The normalized spacial score (nSPS) is 11.9. The fourth-order valence-electron chi connectivity index (χ4n) is 3.50. The van der Waals surface area contributed by atoms with Gasteiger partial charge in [0.05, 0.1) is 52.9 Å². The fraction of sp³-hybridized carbons (Fsp3) is 0. The van der Waals surface area contributed by atoms with E-state index in [1.165, 1.54) is 0 Å². The number of halogens is 4. The molecule has 138 valence electrons. The topological polar surface area (TPSA) is 65.7 Å². The van der Waals surface area contributed by atoms with Crippen LogP contribution in [0.25, 0.3) is 43.6 Å². The molecule has 0 atom stereocenters. The van der Waals surface area contributed by atoms with Gasteiger partial charge in [0.25, 0.3) is 0 Å². The number of fused-ring (bicyclic) bond motifs is 4. The van der Waals surface area contributed by atoms with Crippen molar-refractivity contribution in [2.75, 3.05) is 0 Å². The highest BCUT2D eigenvalue weighted by Crippen LogP contribution is 2.31. The summed E-state index contributed by atoms with van der Waals surface area (Å²) in [5, 5.41) is 2.36. The molecule has 0 radical (unpaired) electrons. The van der Waals surface area contributed by atoms with Crippen molar-refractivity contribution in [3.8, 4) is 0 Å². The van der Waals surface area contributed by atoms with Crippen LogP contribution in [0.4, 0.5) is 0 Å². The molecule has 0 fully saturated rings. The van der Waals surface area contributed by atoms with Crippen molar-refractivity contribution in [3.63, 3.8) is 0 Å². The molecule has 0 spiro atoms. The van der Waals surface area contributed by atoms with Gasteiger partial charge in [0.1, 0.15) is 0 Å². The SMILES string of the molecule is O=c1c2cc3[nH]c4ccc(Cl)c(Cl)c4c(=O)c3cc2[nH]c2ccc(Cl)c(Cl)c12. The number of pyridine rings is 2. The van der Waals surface area contributed by atoms with Crippen LogP contribution in [-0.4, -0.2) is 9.97 Å². The average Bonchev–Trinajstić information content (AvgIpc) is 2.67. The summed E-state index contributed by atoms with van der Waals surface area (Å²) in [6, 6.07) is 9.83. The van der Waals surface area contributed by atoms with Crippen molar-refractivity contribution in [1.82, 2.24) is 9.97 Å². The minimum absolute atomic E-state index is 0.191. The van der Waals surface area contributed by atoms with Crippen LogP contribution in [0.5, 0.6) is 0 Å². The molecule has 2 aromatic heterocycles. The lowest BCUT2D eigenvalue weighted by molar-refractivity contribution is 1.46. The molecular formula is C20H8Cl4N2O2. The molecule has 3 aromatic carbocycles. The first-order chi connectivity index (χ1) is 13.4. The molecule has 28 heavy (non-hydrogen) atoms. The third kappa shape index (κ3) is 2.39. The Morgan fingerprint density at radius 2 is 0.964 bits per heavy atom. The Morgan fingerprint density at radius 1 is 0.571 bits per heavy atom. The monoisotopic (exact) mass is 448 g/mol. The second-order valence-electron chi connectivity index (χ2n) is 6.42. The summed E-state index contributed by atoms with van der Waals surface area (Å²) in [4.78, 5) is 32.4. The van der Waals surface area contributed by atoms with E-state index < -0.39 is 0 Å². The molecule has 0 aliphatic heterocycles. The molecule has 5 aromatic rings. The molecule has 2 heterocycles. The summed E-state index contributed by atoms with van der Waals surface area (Å²) in [7, 11) is 0. The van der Waals surface area contributed by atoms with Crippen molar-refractivity contribution >= 4 is 90.0 Å². The van der Waals surface area contributed by atoms with Crippen molar-refractivity contribution in [1.29, 1.82) is 0 Å². The lowest BCUT2D eigenvalue weighted by atomic mass is 10.1. The number of benzene rings is 3. The quantitative estimate of drug-likeness (QED) is 0.273. The highest BCUT2D eigenvalue weighted by molar-refractivity contribution is 6.46. The van der Waals surface area contributed by atoms with E-state index in [0.717, 1.165) is 0 Å². The largest absolute Gasteiger partial charge is 0.354 e. The predicted octanol–water partition coefficient (Wildman–Crippen LogP) is 6.29. The summed E-state index contributed by atoms with van der Waals surface area (Å²) < 4.78 is 0. The predicted molar refractivity (Wildman–Crippen MR) is 118 cm³/mol. The van der Waals surface area contributed by atoms with E-state index in [4.69, 9.17) is 46.4 Å². The molecule has 4 nitrogen and oxygen atoms in total. The Morgan fingerprint density at radius 3 is 1.36 bits per heavy atom. The number of nitrogens with one attached hydrogen (secondary N) is 2. The smallest absolute Gasteiger partial charge is 0.198 e. The summed E-state index contributed by atoms with van der Waals surface area (Å²) in [5.41, 5.74) is 1.54. The van der Waals surface area contributed by atoms with E-state index in [0.29, 0.717) is 53.7 Å². The first-order valence-corrected chi connectivity index (χ1v) is 9.65. The van der Waals surface area contributed by atoms with Gasteiger partial charge < -0.3 is 9.97 Å². The van der Waals surface area contributed by atoms with Gasteiger partial charge in [-0.15, -0.1) is 0 Å². The van der Waals surface area contributed by atoms with Gasteiger partial charge in [-0.05, 0) is 36.4 Å². The highest BCUT2D eigenvalue weighted by Gasteiger charge is 2.15. The van der Waals surface area contributed by atoms with Crippen LogP contribution in [0, 0.1) is 0 Å². The van der Waals surface area contributed by atoms with Gasteiger partial charge in [-0.3, -0.25) is 9.59 Å². The van der Waals surface area contributed by atoms with E-state index in [1.54, 1.807) is 36.4 Å². The Hall–Kier alpha value is -2.24. The van der Waals surface area contributed by atoms with Gasteiger partial charge in [-0.1, -0.05) is 46.4 Å². The van der Waals surface area contributed by atoms with E-state index in [2.05, 4.69) is 9.97 Å². The van der Waals surface area contributed by atoms with E-state index in [-0.39, 0.29) is 20.9 Å². The van der Waals surface area contributed by atoms with Crippen molar-refractivity contribution in [2.45, 2.75) is 0 Å². The molecular weight excluding hydrogens is 442 g/mol. The van der Waals surface area contributed by atoms with Crippen molar-refractivity contribution in [2.24, 2.45) is 0 Å². The van der Waals surface area contributed by atoms with Gasteiger partial charge in [-0.25, -0.2) is 0 Å². The molecule has 0 saturated carbocycles. The summed E-state index contributed by atoms with van der Waals surface area (Å²) >= 11 is 24.6. The summed E-state index contributed by atoms with van der Waals surface area (Å²) in [5.74, 6) is 0. The molecule has 5 rings (SSSR count). The molecule has 0 saturated heterocycles. The van der Waals surface area contributed by atoms with Gasteiger partial charge >= 0.3 is 0 Å². The lowest BCUT2D eigenvalue weighted by Gasteiger charge is -2.09. The molecule has 0 bridgehead atoms. The van der Waals surface area contributed by atoms with E-state index in [9.17, 15) is 9.59 Å². The van der Waals surface area contributed by atoms with Gasteiger partial charge in [0, 0.05) is 10.8 Å². The lowest BCUT2D eigenvalue weighted by Crippen LogP contribution is -2.09. The van der Waals surface area contributed by atoms with Crippen LogP contribution in [0.2, 0.25) is 20.1 Å². The molecule has 0 aliphatic rings. The average molecular weight is 450 g/mol. The molecule has 0 unspecified atom stereocenters. The van der Waals surface area contributed by atoms with Crippen LogP contribution in [0.1, 0.15) is 0 Å². The molecule has 0 amide bonds. The second kappa shape index (κ2) is 6.13.